The number of carbonyl (C=O) groups is 1. The van der Waals surface area contributed by atoms with Crippen molar-refractivity contribution >= 4 is 5.78 Å². The Balaban J connectivity index is 2.50. The summed E-state index contributed by atoms with van der Waals surface area (Å²) in [5.74, 6) is 0.877. The molecule has 1 nitrogen and oxygen atoms in total. The molecule has 0 aromatic heterocycles. The van der Waals surface area contributed by atoms with E-state index in [2.05, 4.69) is 32.0 Å². The molecule has 1 aliphatic carbocycles. The molecule has 0 aliphatic heterocycles. The summed E-state index contributed by atoms with van der Waals surface area (Å²) >= 11 is 0. The highest BCUT2D eigenvalue weighted by Crippen LogP contribution is 2.31. The highest BCUT2D eigenvalue weighted by Gasteiger charge is 2.22. The van der Waals surface area contributed by atoms with E-state index in [1.807, 2.05) is 0 Å². The highest BCUT2D eigenvalue weighted by molar-refractivity contribution is 5.98. The van der Waals surface area contributed by atoms with Gasteiger partial charge in [0.05, 0.1) is 0 Å². The number of Topliss-reactive ketones (excluding diaryl/α,β-unsaturated/α-hetero) is 1. The lowest BCUT2D eigenvalue weighted by Gasteiger charge is -2.21. The van der Waals surface area contributed by atoms with E-state index in [4.69, 9.17) is 0 Å². The average Bonchev–Trinajstić information content (AvgIpc) is 2.23. The zero-order valence-electron chi connectivity index (χ0n) is 8.84. The van der Waals surface area contributed by atoms with E-state index >= 15 is 0 Å². The molecule has 0 bridgehead atoms. The topological polar surface area (TPSA) is 17.1 Å². The number of fused-ring (bicyclic) bond motifs is 1. The predicted molar refractivity (Wildman–Crippen MR) is 57.8 cm³/mol. The summed E-state index contributed by atoms with van der Waals surface area (Å²) < 4.78 is 0. The number of rotatable bonds is 1. The highest BCUT2D eigenvalue weighted by atomic mass is 16.1. The molecular weight excluding hydrogens is 172 g/mol. The van der Waals surface area contributed by atoms with Gasteiger partial charge in [-0.25, -0.2) is 0 Å². The van der Waals surface area contributed by atoms with Crippen LogP contribution in [0.5, 0.6) is 0 Å². The van der Waals surface area contributed by atoms with E-state index in [0.29, 0.717) is 11.7 Å². The summed E-state index contributed by atoms with van der Waals surface area (Å²) in [6.45, 7) is 4.33. The van der Waals surface area contributed by atoms with Crippen molar-refractivity contribution in [3.8, 4) is 0 Å². The second-order valence-corrected chi connectivity index (χ2v) is 4.14. The molecule has 0 N–H and O–H groups in total. The van der Waals surface area contributed by atoms with Gasteiger partial charge in [-0.15, -0.1) is 0 Å². The Hall–Kier alpha value is -1.11. The number of ketones is 1. The van der Waals surface area contributed by atoms with Crippen molar-refractivity contribution in [3.05, 3.63) is 34.9 Å². The summed E-state index contributed by atoms with van der Waals surface area (Å²) in [5, 5.41) is 0. The van der Waals surface area contributed by atoms with Crippen LogP contribution in [-0.4, -0.2) is 5.78 Å². The Morgan fingerprint density at radius 2 is 2.21 bits per heavy atom. The first-order valence-electron chi connectivity index (χ1n) is 5.38. The standard InChI is InChI=1S/C13H16O/c1-3-10-5-6-11-9(2)4-7-13(14)12(11)8-10/h5-6,8-9H,3-4,7H2,1-2H3. The van der Waals surface area contributed by atoms with Crippen LogP contribution in [0.3, 0.4) is 0 Å². The summed E-state index contributed by atoms with van der Waals surface area (Å²) in [4.78, 5) is 11.7. The van der Waals surface area contributed by atoms with Crippen molar-refractivity contribution in [1.82, 2.24) is 0 Å². The molecule has 1 aliphatic rings. The summed E-state index contributed by atoms with van der Waals surface area (Å²) in [7, 11) is 0. The summed E-state index contributed by atoms with van der Waals surface area (Å²) in [5.41, 5.74) is 3.49. The van der Waals surface area contributed by atoms with Crippen molar-refractivity contribution in [3.63, 3.8) is 0 Å². The van der Waals surface area contributed by atoms with Crippen LogP contribution in [0.4, 0.5) is 0 Å². The van der Waals surface area contributed by atoms with Gasteiger partial charge in [-0.1, -0.05) is 26.0 Å². The van der Waals surface area contributed by atoms with Crippen molar-refractivity contribution < 1.29 is 4.79 Å². The van der Waals surface area contributed by atoms with Crippen LogP contribution in [-0.2, 0) is 6.42 Å². The monoisotopic (exact) mass is 188 g/mol. The van der Waals surface area contributed by atoms with Crippen LogP contribution in [0.15, 0.2) is 18.2 Å². The van der Waals surface area contributed by atoms with Gasteiger partial charge in [0, 0.05) is 12.0 Å². The summed E-state index contributed by atoms with van der Waals surface area (Å²) in [6.07, 6.45) is 2.74. The first kappa shape index (κ1) is 9.45. The molecule has 74 valence electrons. The van der Waals surface area contributed by atoms with Gasteiger partial charge in [0.2, 0.25) is 0 Å². The maximum atomic E-state index is 11.7. The molecule has 1 aromatic carbocycles. The zero-order chi connectivity index (χ0) is 10.1. The lowest BCUT2D eigenvalue weighted by molar-refractivity contribution is 0.0968. The first-order valence-corrected chi connectivity index (χ1v) is 5.38. The maximum absolute atomic E-state index is 11.7. The first-order chi connectivity index (χ1) is 6.72. The van der Waals surface area contributed by atoms with Crippen LogP contribution in [0, 0.1) is 0 Å². The molecule has 1 unspecified atom stereocenters. The van der Waals surface area contributed by atoms with Gasteiger partial charge in [-0.3, -0.25) is 4.79 Å². The number of benzene rings is 1. The molecule has 0 fully saturated rings. The van der Waals surface area contributed by atoms with Gasteiger partial charge in [0.1, 0.15) is 0 Å². The number of hydrogen-bond donors (Lipinski definition) is 0. The predicted octanol–water partition coefficient (Wildman–Crippen LogP) is 3.33. The minimum atomic E-state index is 0.327. The van der Waals surface area contributed by atoms with Gasteiger partial charge >= 0.3 is 0 Å². The number of aryl methyl sites for hydroxylation is 1. The molecule has 1 atom stereocenters. The summed E-state index contributed by atoms with van der Waals surface area (Å²) in [6, 6.07) is 6.36. The lowest BCUT2D eigenvalue weighted by Crippen LogP contribution is -2.14. The smallest absolute Gasteiger partial charge is 0.163 e. The number of hydrogen-bond acceptors (Lipinski definition) is 1. The van der Waals surface area contributed by atoms with E-state index < -0.39 is 0 Å². The third kappa shape index (κ3) is 1.47. The molecule has 0 spiro atoms. The van der Waals surface area contributed by atoms with Gasteiger partial charge in [-0.05, 0) is 36.0 Å². The van der Waals surface area contributed by atoms with Gasteiger partial charge < -0.3 is 0 Å². The van der Waals surface area contributed by atoms with Gasteiger partial charge in [0.15, 0.2) is 5.78 Å². The van der Waals surface area contributed by atoms with E-state index in [9.17, 15) is 4.79 Å². The largest absolute Gasteiger partial charge is 0.294 e. The fourth-order valence-electron chi connectivity index (χ4n) is 2.13. The van der Waals surface area contributed by atoms with Crippen LogP contribution < -0.4 is 0 Å². The molecule has 0 saturated carbocycles. The van der Waals surface area contributed by atoms with Crippen molar-refractivity contribution in [2.45, 2.75) is 39.0 Å². The minimum absolute atomic E-state index is 0.327. The molecule has 1 heteroatoms. The second kappa shape index (κ2) is 3.56. The van der Waals surface area contributed by atoms with Gasteiger partial charge in [-0.2, -0.15) is 0 Å². The fourth-order valence-corrected chi connectivity index (χ4v) is 2.13. The van der Waals surface area contributed by atoms with Gasteiger partial charge in [0.25, 0.3) is 0 Å². The SMILES string of the molecule is CCc1ccc2c(c1)C(=O)CCC2C. The Bertz CT molecular complexity index is 365. The molecule has 0 radical (unpaired) electrons. The third-order valence-electron chi connectivity index (χ3n) is 3.16. The number of carbonyl (C=O) groups excluding carboxylic acids is 1. The van der Waals surface area contributed by atoms with Crippen LogP contribution in [0.25, 0.3) is 0 Å². The van der Waals surface area contributed by atoms with E-state index in [0.717, 1.165) is 24.8 Å². The third-order valence-corrected chi connectivity index (χ3v) is 3.16. The van der Waals surface area contributed by atoms with E-state index in [1.165, 1.54) is 11.1 Å². The van der Waals surface area contributed by atoms with Crippen molar-refractivity contribution in [1.29, 1.82) is 0 Å². The van der Waals surface area contributed by atoms with Crippen LogP contribution >= 0.6 is 0 Å². The fraction of sp³-hybridized carbons (Fsp3) is 0.462. The van der Waals surface area contributed by atoms with E-state index in [-0.39, 0.29) is 0 Å². The molecule has 14 heavy (non-hydrogen) atoms. The van der Waals surface area contributed by atoms with Crippen LogP contribution in [0.1, 0.15) is 54.1 Å². The Labute approximate surface area is 85.1 Å². The Morgan fingerprint density at radius 3 is 2.93 bits per heavy atom. The average molecular weight is 188 g/mol. The van der Waals surface area contributed by atoms with E-state index in [1.54, 1.807) is 0 Å². The zero-order valence-corrected chi connectivity index (χ0v) is 8.84. The molecule has 0 amide bonds. The minimum Gasteiger partial charge on any atom is -0.294 e. The molecular formula is C13H16O. The Kier molecular flexibility index (Phi) is 2.40. The normalized spacial score (nSPS) is 20.7. The maximum Gasteiger partial charge on any atom is 0.163 e. The second-order valence-electron chi connectivity index (χ2n) is 4.14. The van der Waals surface area contributed by atoms with Crippen LogP contribution in [0.2, 0.25) is 0 Å². The molecule has 0 saturated heterocycles. The van der Waals surface area contributed by atoms with Crippen molar-refractivity contribution in [2.75, 3.05) is 0 Å². The van der Waals surface area contributed by atoms with Crippen molar-refractivity contribution in [2.24, 2.45) is 0 Å². The quantitative estimate of drug-likeness (QED) is 0.660. The molecule has 0 heterocycles. The molecule has 1 aromatic rings. The lowest BCUT2D eigenvalue weighted by atomic mass is 9.82. The molecule has 2 rings (SSSR count). The Morgan fingerprint density at radius 1 is 1.43 bits per heavy atom.